The van der Waals surface area contributed by atoms with Crippen LogP contribution in [0.4, 0.5) is 0 Å². The van der Waals surface area contributed by atoms with Gasteiger partial charge in [-0.1, -0.05) is 30.3 Å². The largest absolute Gasteiger partial charge is 0.393 e. The maximum absolute atomic E-state index is 12.8. The molecule has 1 aliphatic rings. The number of rotatable bonds is 7. The van der Waals surface area contributed by atoms with Crippen molar-refractivity contribution in [1.29, 1.82) is 0 Å². The van der Waals surface area contributed by atoms with E-state index in [0.717, 1.165) is 11.1 Å². The molecule has 2 N–H and O–H groups in total. The summed E-state index contributed by atoms with van der Waals surface area (Å²) in [6.07, 6.45) is 4.31. The van der Waals surface area contributed by atoms with Gasteiger partial charge >= 0.3 is 0 Å². The highest BCUT2D eigenvalue weighted by molar-refractivity contribution is 7.87. The number of aromatic nitrogens is 2. The van der Waals surface area contributed by atoms with Crippen LogP contribution in [0, 0.1) is 5.92 Å². The molecule has 0 amide bonds. The van der Waals surface area contributed by atoms with Crippen LogP contribution in [0.15, 0.2) is 42.7 Å². The second-order valence-electron chi connectivity index (χ2n) is 6.67. The zero-order chi connectivity index (χ0) is 18.0. The normalized spacial score (nSPS) is 21.9. The van der Waals surface area contributed by atoms with Crippen LogP contribution in [-0.2, 0) is 23.8 Å². The average molecular weight is 364 g/mol. The van der Waals surface area contributed by atoms with Crippen molar-refractivity contribution in [3.63, 3.8) is 0 Å². The van der Waals surface area contributed by atoms with Crippen LogP contribution in [-0.4, -0.2) is 40.8 Å². The maximum Gasteiger partial charge on any atom is 0.280 e. The molecule has 0 bridgehead atoms. The summed E-state index contributed by atoms with van der Waals surface area (Å²) in [4.78, 5) is 0. The van der Waals surface area contributed by atoms with Crippen LogP contribution in [0.1, 0.15) is 30.0 Å². The molecular formula is C17H24N4O3S. The molecule has 3 rings (SSSR count). The number of aryl methyl sites for hydroxylation is 1. The molecule has 1 atom stereocenters. The molecule has 25 heavy (non-hydrogen) atoms. The molecule has 1 aliphatic carbocycles. The van der Waals surface area contributed by atoms with Gasteiger partial charge in [0, 0.05) is 32.4 Å². The summed E-state index contributed by atoms with van der Waals surface area (Å²) in [5, 5.41) is 13.8. The third-order valence-electron chi connectivity index (χ3n) is 4.64. The molecule has 1 aromatic carbocycles. The molecule has 0 radical (unpaired) electrons. The fourth-order valence-corrected chi connectivity index (χ4v) is 4.26. The second kappa shape index (κ2) is 7.25. The molecule has 2 aromatic rings. The Morgan fingerprint density at radius 1 is 1.36 bits per heavy atom. The van der Waals surface area contributed by atoms with Crippen LogP contribution in [0.25, 0.3) is 0 Å². The predicted molar refractivity (Wildman–Crippen MR) is 94.6 cm³/mol. The topological polar surface area (TPSA) is 87.5 Å². The summed E-state index contributed by atoms with van der Waals surface area (Å²) >= 11 is 0. The van der Waals surface area contributed by atoms with E-state index < -0.39 is 10.2 Å². The summed E-state index contributed by atoms with van der Waals surface area (Å²) in [5.41, 5.74) is 1.74. The minimum Gasteiger partial charge on any atom is -0.393 e. The number of aliphatic hydroxyl groups is 1. The molecule has 1 saturated carbocycles. The van der Waals surface area contributed by atoms with Crippen molar-refractivity contribution >= 4 is 10.2 Å². The molecule has 7 nitrogen and oxygen atoms in total. The summed E-state index contributed by atoms with van der Waals surface area (Å²) < 4.78 is 31.3. The van der Waals surface area contributed by atoms with Crippen molar-refractivity contribution in [2.45, 2.75) is 31.5 Å². The third-order valence-corrected chi connectivity index (χ3v) is 6.14. The lowest BCUT2D eigenvalue weighted by atomic mass is 9.76. The number of aliphatic hydroxyl groups excluding tert-OH is 1. The average Bonchev–Trinajstić information content (AvgIpc) is 2.97. The summed E-state index contributed by atoms with van der Waals surface area (Å²) in [6.45, 7) is 0.295. The van der Waals surface area contributed by atoms with Crippen LogP contribution < -0.4 is 4.72 Å². The standard InChI is InChI=1S/C17H24N4O3S/c1-20-12-15(10-18-20)17(14-8-16(22)9-14)19-25(23,24)21(2)11-13-6-4-3-5-7-13/h3-7,10,12,14,16-17,19,22H,8-9,11H2,1-2H3/t14?,16?,17-/m1/s1. The van der Waals surface area contributed by atoms with Crippen LogP contribution in [0.2, 0.25) is 0 Å². The van der Waals surface area contributed by atoms with Gasteiger partial charge in [0.05, 0.1) is 18.3 Å². The van der Waals surface area contributed by atoms with Gasteiger partial charge < -0.3 is 5.11 Å². The van der Waals surface area contributed by atoms with Crippen molar-refractivity contribution in [2.75, 3.05) is 7.05 Å². The van der Waals surface area contributed by atoms with Gasteiger partial charge in [0.2, 0.25) is 0 Å². The van der Waals surface area contributed by atoms with Gasteiger partial charge in [-0.2, -0.15) is 22.5 Å². The smallest absolute Gasteiger partial charge is 0.280 e. The molecule has 136 valence electrons. The van der Waals surface area contributed by atoms with Crippen molar-refractivity contribution in [3.05, 3.63) is 53.9 Å². The van der Waals surface area contributed by atoms with Gasteiger partial charge in [-0.25, -0.2) is 0 Å². The van der Waals surface area contributed by atoms with Gasteiger partial charge in [0.15, 0.2) is 0 Å². The van der Waals surface area contributed by atoms with Crippen LogP contribution >= 0.6 is 0 Å². The Hall–Kier alpha value is -1.74. The van der Waals surface area contributed by atoms with E-state index in [1.54, 1.807) is 25.0 Å². The Morgan fingerprint density at radius 2 is 2.04 bits per heavy atom. The molecule has 1 aromatic heterocycles. The van der Waals surface area contributed by atoms with E-state index in [1.165, 1.54) is 4.31 Å². The first-order chi connectivity index (χ1) is 11.8. The molecule has 0 spiro atoms. The Kier molecular flexibility index (Phi) is 5.24. The van der Waals surface area contributed by atoms with Gasteiger partial charge in [0.1, 0.15) is 0 Å². The van der Waals surface area contributed by atoms with Gasteiger partial charge in [-0.3, -0.25) is 4.68 Å². The molecule has 0 unspecified atom stereocenters. The number of hydrogen-bond donors (Lipinski definition) is 2. The summed E-state index contributed by atoms with van der Waals surface area (Å²) in [6, 6.07) is 9.07. The first-order valence-corrected chi connectivity index (χ1v) is 9.73. The van der Waals surface area contributed by atoms with E-state index in [2.05, 4.69) is 9.82 Å². The molecule has 8 heteroatoms. The summed E-state index contributed by atoms with van der Waals surface area (Å²) in [5.74, 6) is 0.0686. The molecular weight excluding hydrogens is 340 g/mol. The molecule has 0 aliphatic heterocycles. The highest BCUT2D eigenvalue weighted by Gasteiger charge is 2.38. The molecule has 1 heterocycles. The first kappa shape index (κ1) is 18.1. The second-order valence-corrected chi connectivity index (χ2v) is 8.48. The van der Waals surface area contributed by atoms with E-state index in [4.69, 9.17) is 0 Å². The third kappa shape index (κ3) is 4.27. The van der Waals surface area contributed by atoms with Crippen LogP contribution in [0.3, 0.4) is 0 Å². The Morgan fingerprint density at radius 3 is 2.60 bits per heavy atom. The molecule has 0 saturated heterocycles. The van der Waals surface area contributed by atoms with Gasteiger partial charge in [0.25, 0.3) is 10.2 Å². The highest BCUT2D eigenvalue weighted by atomic mass is 32.2. The van der Waals surface area contributed by atoms with Crippen LogP contribution in [0.5, 0.6) is 0 Å². The van der Waals surface area contributed by atoms with E-state index in [9.17, 15) is 13.5 Å². The number of benzene rings is 1. The Labute approximate surface area is 148 Å². The lowest BCUT2D eigenvalue weighted by Gasteiger charge is -2.38. The zero-order valence-electron chi connectivity index (χ0n) is 14.4. The van der Waals surface area contributed by atoms with E-state index in [-0.39, 0.29) is 18.1 Å². The monoisotopic (exact) mass is 364 g/mol. The number of nitrogens with one attached hydrogen (secondary N) is 1. The number of nitrogens with zero attached hydrogens (tertiary/aromatic N) is 3. The Bertz CT molecular complexity index is 800. The van der Waals surface area contributed by atoms with E-state index in [0.29, 0.717) is 19.4 Å². The minimum absolute atomic E-state index is 0.0686. The van der Waals surface area contributed by atoms with Crippen molar-refractivity contribution in [2.24, 2.45) is 13.0 Å². The lowest BCUT2D eigenvalue weighted by molar-refractivity contribution is 0.0277. The van der Waals surface area contributed by atoms with E-state index in [1.807, 2.05) is 36.5 Å². The number of hydrogen-bond acceptors (Lipinski definition) is 4. The van der Waals surface area contributed by atoms with Gasteiger partial charge in [-0.05, 0) is 24.3 Å². The zero-order valence-corrected chi connectivity index (χ0v) is 15.2. The fourth-order valence-electron chi connectivity index (χ4n) is 3.12. The molecule has 1 fully saturated rings. The minimum atomic E-state index is -3.67. The quantitative estimate of drug-likeness (QED) is 0.773. The van der Waals surface area contributed by atoms with Gasteiger partial charge in [-0.15, -0.1) is 0 Å². The van der Waals surface area contributed by atoms with Crippen molar-refractivity contribution in [3.8, 4) is 0 Å². The van der Waals surface area contributed by atoms with Crippen molar-refractivity contribution in [1.82, 2.24) is 18.8 Å². The lowest BCUT2D eigenvalue weighted by Crippen LogP contribution is -2.45. The van der Waals surface area contributed by atoms with Crippen molar-refractivity contribution < 1.29 is 13.5 Å². The predicted octanol–water partition coefficient (Wildman–Crippen LogP) is 1.20. The Balaban J connectivity index is 1.75. The first-order valence-electron chi connectivity index (χ1n) is 8.29. The highest BCUT2D eigenvalue weighted by Crippen LogP contribution is 2.38. The maximum atomic E-state index is 12.8. The SMILES string of the molecule is CN(Cc1ccccc1)S(=O)(=O)N[C@@H](c1cnn(C)c1)C1CC(O)C1. The van der Waals surface area contributed by atoms with E-state index >= 15 is 0 Å². The summed E-state index contributed by atoms with van der Waals surface area (Å²) in [7, 11) is -0.312. The fraction of sp³-hybridized carbons (Fsp3) is 0.471.